The molecule has 0 atom stereocenters. The van der Waals surface area contributed by atoms with Crippen molar-refractivity contribution in [3.8, 4) is 22.5 Å². The number of nitrogens with zero attached hydrogens (tertiary/aromatic N) is 3. The maximum absolute atomic E-state index is 7.42. The number of hydrogen-bond donors (Lipinski definition) is 4. The molecule has 0 aliphatic carbocycles. The molecule has 0 aliphatic heterocycles. The first-order chi connectivity index (χ1) is 11.5. The van der Waals surface area contributed by atoms with Crippen molar-refractivity contribution < 1.29 is 0 Å². The van der Waals surface area contributed by atoms with E-state index in [1.807, 2.05) is 12.1 Å². The molecule has 3 aromatic rings. The normalized spacial score (nSPS) is 10.3. The van der Waals surface area contributed by atoms with Crippen molar-refractivity contribution in [3.63, 3.8) is 0 Å². The Balaban J connectivity index is 1.94. The van der Waals surface area contributed by atoms with Crippen LogP contribution in [0, 0.1) is 10.8 Å². The zero-order valence-electron chi connectivity index (χ0n) is 12.7. The summed E-state index contributed by atoms with van der Waals surface area (Å²) in [6.07, 6.45) is 4.94. The fraction of sp³-hybridized carbons (Fsp3) is 0. The molecule has 0 bridgehead atoms. The van der Waals surface area contributed by atoms with Gasteiger partial charge in [-0.15, -0.1) is 0 Å². The number of amidine groups is 2. The van der Waals surface area contributed by atoms with Crippen LogP contribution in [0.3, 0.4) is 0 Å². The highest BCUT2D eigenvalue weighted by atomic mass is 14.8. The summed E-state index contributed by atoms with van der Waals surface area (Å²) >= 11 is 0. The average Bonchev–Trinajstić information content (AvgIpc) is 2.62. The van der Waals surface area contributed by atoms with Crippen molar-refractivity contribution in [2.45, 2.75) is 0 Å². The number of nitrogen functional groups attached to an aromatic ring is 2. The van der Waals surface area contributed by atoms with E-state index in [0.29, 0.717) is 22.6 Å². The van der Waals surface area contributed by atoms with Gasteiger partial charge >= 0.3 is 0 Å². The Morgan fingerprint density at radius 1 is 0.750 bits per heavy atom. The molecule has 0 aliphatic rings. The summed E-state index contributed by atoms with van der Waals surface area (Å²) in [6.45, 7) is 0. The molecule has 0 radical (unpaired) electrons. The van der Waals surface area contributed by atoms with Gasteiger partial charge in [0.2, 0.25) is 0 Å². The quantitative estimate of drug-likeness (QED) is 0.429. The second kappa shape index (κ2) is 6.25. The molecule has 6 N–H and O–H groups in total. The predicted molar refractivity (Wildman–Crippen MR) is 92.7 cm³/mol. The largest absolute Gasteiger partial charge is 0.384 e. The maximum atomic E-state index is 7.42. The summed E-state index contributed by atoms with van der Waals surface area (Å²) in [5, 5.41) is 14.8. The van der Waals surface area contributed by atoms with Gasteiger partial charge in [0, 0.05) is 22.9 Å². The lowest BCUT2D eigenvalue weighted by atomic mass is 10.1. The van der Waals surface area contributed by atoms with Gasteiger partial charge in [-0.2, -0.15) is 0 Å². The third-order valence-electron chi connectivity index (χ3n) is 3.46. The molecule has 0 saturated carbocycles. The Morgan fingerprint density at radius 3 is 1.92 bits per heavy atom. The summed E-state index contributed by atoms with van der Waals surface area (Å²) < 4.78 is 0. The molecular weight excluding hydrogens is 302 g/mol. The molecule has 2 aromatic heterocycles. The Morgan fingerprint density at radius 2 is 1.38 bits per heavy atom. The zero-order chi connectivity index (χ0) is 17.1. The lowest BCUT2D eigenvalue weighted by Gasteiger charge is -2.06. The molecule has 118 valence electrons. The fourth-order valence-corrected chi connectivity index (χ4v) is 2.17. The van der Waals surface area contributed by atoms with Crippen molar-refractivity contribution >= 4 is 11.7 Å². The number of rotatable bonds is 4. The summed E-state index contributed by atoms with van der Waals surface area (Å²) in [7, 11) is 0. The molecule has 0 fully saturated rings. The first-order valence-electron chi connectivity index (χ1n) is 7.12. The average molecular weight is 317 g/mol. The summed E-state index contributed by atoms with van der Waals surface area (Å²) in [4.78, 5) is 13.0. The molecule has 2 heterocycles. The minimum atomic E-state index is -0.0769. The molecule has 7 nitrogen and oxygen atoms in total. The molecule has 0 unspecified atom stereocenters. The van der Waals surface area contributed by atoms with Gasteiger partial charge in [-0.1, -0.05) is 24.3 Å². The van der Waals surface area contributed by atoms with Crippen LogP contribution in [0.2, 0.25) is 0 Å². The van der Waals surface area contributed by atoms with E-state index in [1.165, 1.54) is 0 Å². The van der Waals surface area contributed by atoms with Crippen LogP contribution in [0.5, 0.6) is 0 Å². The molecular formula is C17H15N7. The topological polar surface area (TPSA) is 138 Å². The molecule has 0 spiro atoms. The van der Waals surface area contributed by atoms with Crippen molar-refractivity contribution in [3.05, 3.63) is 66.2 Å². The van der Waals surface area contributed by atoms with Crippen LogP contribution >= 0.6 is 0 Å². The van der Waals surface area contributed by atoms with Gasteiger partial charge in [0.15, 0.2) is 0 Å². The third-order valence-corrected chi connectivity index (χ3v) is 3.46. The van der Waals surface area contributed by atoms with Crippen LogP contribution in [0.15, 0.2) is 55.0 Å². The van der Waals surface area contributed by atoms with Crippen LogP contribution in [-0.2, 0) is 0 Å². The number of nitrogens with one attached hydrogen (secondary N) is 2. The second-order valence-electron chi connectivity index (χ2n) is 5.13. The van der Waals surface area contributed by atoms with Gasteiger partial charge in [-0.3, -0.25) is 20.8 Å². The van der Waals surface area contributed by atoms with Crippen molar-refractivity contribution in [2.75, 3.05) is 0 Å². The Bertz CT molecular complexity index is 826. The van der Waals surface area contributed by atoms with E-state index >= 15 is 0 Å². The molecule has 0 amide bonds. The highest BCUT2D eigenvalue weighted by Gasteiger charge is 2.06. The zero-order valence-corrected chi connectivity index (χ0v) is 12.7. The summed E-state index contributed by atoms with van der Waals surface area (Å²) in [5.74, 6) is -0.0510. The van der Waals surface area contributed by atoms with Gasteiger partial charge in [0.05, 0.1) is 23.8 Å². The van der Waals surface area contributed by atoms with E-state index in [0.717, 1.165) is 11.1 Å². The van der Waals surface area contributed by atoms with E-state index in [-0.39, 0.29) is 11.7 Å². The van der Waals surface area contributed by atoms with Crippen molar-refractivity contribution in [2.24, 2.45) is 11.5 Å². The smallest absolute Gasteiger partial charge is 0.141 e. The van der Waals surface area contributed by atoms with E-state index in [9.17, 15) is 0 Å². The third kappa shape index (κ3) is 3.09. The number of aromatic nitrogens is 3. The number of pyridine rings is 1. The van der Waals surface area contributed by atoms with Gasteiger partial charge in [0.1, 0.15) is 17.4 Å². The summed E-state index contributed by atoms with van der Waals surface area (Å²) in [6, 6.07) is 10.7. The number of benzene rings is 1. The van der Waals surface area contributed by atoms with E-state index in [2.05, 4.69) is 15.0 Å². The van der Waals surface area contributed by atoms with Crippen LogP contribution < -0.4 is 11.5 Å². The minimum Gasteiger partial charge on any atom is -0.384 e. The SMILES string of the molecule is N=C(N)c1ccc(-c2cncc(-c3ccc(C(=N)N)nc3)n2)cc1. The number of nitrogens with two attached hydrogens (primary N) is 2. The lowest BCUT2D eigenvalue weighted by Crippen LogP contribution is -2.12. The minimum absolute atomic E-state index is 0.0259. The fourth-order valence-electron chi connectivity index (χ4n) is 2.17. The van der Waals surface area contributed by atoms with E-state index < -0.39 is 0 Å². The molecule has 0 saturated heterocycles. The standard InChI is InChI=1S/C17H15N7/c18-16(19)11-3-1-10(2-4-11)14-8-22-9-15(24-14)12-5-6-13(17(20)21)23-7-12/h1-9H,(H3,18,19)(H3,20,21). The van der Waals surface area contributed by atoms with Crippen molar-refractivity contribution in [1.82, 2.24) is 15.0 Å². The molecule has 24 heavy (non-hydrogen) atoms. The highest BCUT2D eigenvalue weighted by Crippen LogP contribution is 2.21. The van der Waals surface area contributed by atoms with E-state index in [4.69, 9.17) is 22.3 Å². The van der Waals surface area contributed by atoms with E-state index in [1.54, 1.807) is 42.9 Å². The van der Waals surface area contributed by atoms with Gasteiger partial charge in [-0.25, -0.2) is 4.98 Å². The Kier molecular flexibility index (Phi) is 3.98. The lowest BCUT2D eigenvalue weighted by molar-refractivity contribution is 1.19. The van der Waals surface area contributed by atoms with Gasteiger partial charge in [-0.05, 0) is 12.1 Å². The monoisotopic (exact) mass is 317 g/mol. The maximum Gasteiger partial charge on any atom is 0.141 e. The highest BCUT2D eigenvalue weighted by molar-refractivity contribution is 5.95. The molecule has 7 heteroatoms. The van der Waals surface area contributed by atoms with Crippen LogP contribution in [0.1, 0.15) is 11.3 Å². The predicted octanol–water partition coefficient (Wildman–Crippen LogP) is 1.77. The molecule has 1 aromatic carbocycles. The van der Waals surface area contributed by atoms with Crippen LogP contribution in [0.25, 0.3) is 22.5 Å². The van der Waals surface area contributed by atoms with Gasteiger partial charge in [0.25, 0.3) is 0 Å². The van der Waals surface area contributed by atoms with Crippen molar-refractivity contribution in [1.29, 1.82) is 10.8 Å². The Labute approximate surface area is 138 Å². The van der Waals surface area contributed by atoms with Crippen LogP contribution in [-0.4, -0.2) is 26.6 Å². The first-order valence-corrected chi connectivity index (χ1v) is 7.12. The number of hydrogen-bond acceptors (Lipinski definition) is 5. The molecule has 3 rings (SSSR count). The first kappa shape index (κ1) is 15.3. The summed E-state index contributed by atoms with van der Waals surface area (Å²) in [5.41, 5.74) is 15.0. The van der Waals surface area contributed by atoms with Crippen LogP contribution in [0.4, 0.5) is 0 Å². The van der Waals surface area contributed by atoms with Gasteiger partial charge < -0.3 is 11.5 Å². The second-order valence-corrected chi connectivity index (χ2v) is 5.13. The Hall–Kier alpha value is -3.61.